The monoisotopic (exact) mass is 405 g/mol. The molecule has 1 atom stereocenters. The summed E-state index contributed by atoms with van der Waals surface area (Å²) in [4.78, 5) is 15.4. The predicted octanol–water partition coefficient (Wildman–Crippen LogP) is 4.64. The van der Waals surface area contributed by atoms with Crippen molar-refractivity contribution in [1.82, 2.24) is 9.78 Å². The molecule has 0 radical (unpaired) electrons. The molecule has 156 valence electrons. The molecule has 1 fully saturated rings. The maximum Gasteiger partial charge on any atom is 0.279 e. The van der Waals surface area contributed by atoms with Crippen LogP contribution in [-0.4, -0.2) is 35.9 Å². The van der Waals surface area contributed by atoms with Gasteiger partial charge in [0.1, 0.15) is 17.2 Å². The Kier molecular flexibility index (Phi) is 5.48. The smallest absolute Gasteiger partial charge is 0.279 e. The van der Waals surface area contributed by atoms with Crippen LogP contribution in [0.15, 0.2) is 54.7 Å². The number of hydrogen-bond acceptors (Lipinski definition) is 4. The van der Waals surface area contributed by atoms with Crippen LogP contribution in [0.1, 0.15) is 35.8 Å². The van der Waals surface area contributed by atoms with Gasteiger partial charge in [0.2, 0.25) is 0 Å². The third-order valence-electron chi connectivity index (χ3n) is 5.67. The summed E-state index contributed by atoms with van der Waals surface area (Å²) in [6, 6.07) is 15.4. The van der Waals surface area contributed by atoms with Crippen LogP contribution in [-0.2, 0) is 0 Å². The summed E-state index contributed by atoms with van der Waals surface area (Å²) < 4.78 is 12.4. The zero-order valence-electron chi connectivity index (χ0n) is 17.8. The number of carbonyl (C=O) groups excluding carboxylic acids is 1. The van der Waals surface area contributed by atoms with Gasteiger partial charge in [-0.3, -0.25) is 4.79 Å². The van der Waals surface area contributed by atoms with E-state index in [4.69, 9.17) is 9.47 Å². The minimum Gasteiger partial charge on any atom is -0.497 e. The first-order valence-corrected chi connectivity index (χ1v) is 10.2. The van der Waals surface area contributed by atoms with Crippen LogP contribution in [0.5, 0.6) is 11.5 Å². The van der Waals surface area contributed by atoms with E-state index in [0.29, 0.717) is 17.4 Å². The number of anilines is 1. The Hall–Kier alpha value is -3.28. The van der Waals surface area contributed by atoms with Gasteiger partial charge in [0.25, 0.3) is 5.91 Å². The minimum atomic E-state index is -0.107. The first-order chi connectivity index (χ1) is 14.5. The van der Waals surface area contributed by atoms with Gasteiger partial charge < -0.3 is 14.4 Å². The maximum absolute atomic E-state index is 13.5. The molecule has 2 aromatic carbocycles. The second-order valence-electron chi connectivity index (χ2n) is 7.77. The molecule has 4 rings (SSSR count). The highest BCUT2D eigenvalue weighted by Crippen LogP contribution is 2.38. The third-order valence-corrected chi connectivity index (χ3v) is 5.67. The first-order valence-electron chi connectivity index (χ1n) is 10.2. The summed E-state index contributed by atoms with van der Waals surface area (Å²) in [6.45, 7) is 4.13. The summed E-state index contributed by atoms with van der Waals surface area (Å²) in [5.74, 6) is 1.89. The van der Waals surface area contributed by atoms with Crippen molar-refractivity contribution in [3.8, 4) is 17.2 Å². The van der Waals surface area contributed by atoms with Crippen LogP contribution < -0.4 is 14.4 Å². The van der Waals surface area contributed by atoms with Crippen LogP contribution >= 0.6 is 0 Å². The highest BCUT2D eigenvalue weighted by molar-refractivity contribution is 6.05. The molecule has 1 aliphatic rings. The molecule has 1 heterocycles. The number of carbonyl (C=O) groups is 1. The molecule has 3 aromatic rings. The molecule has 0 saturated heterocycles. The number of benzene rings is 2. The Balaban J connectivity index is 1.68. The average Bonchev–Trinajstić information content (AvgIpc) is 3.50. The van der Waals surface area contributed by atoms with E-state index >= 15 is 0 Å². The number of aromatic nitrogens is 2. The number of nitrogens with zero attached hydrogens (tertiary/aromatic N) is 3. The van der Waals surface area contributed by atoms with Crippen molar-refractivity contribution in [2.45, 2.75) is 32.7 Å². The first kappa shape index (κ1) is 20.0. The Morgan fingerprint density at radius 2 is 1.83 bits per heavy atom. The Bertz CT molecular complexity index is 1040. The van der Waals surface area contributed by atoms with Crippen molar-refractivity contribution in [2.24, 2.45) is 5.92 Å². The normalized spacial score (nSPS) is 14.3. The van der Waals surface area contributed by atoms with Crippen LogP contribution in [0, 0.1) is 12.8 Å². The van der Waals surface area contributed by atoms with Gasteiger partial charge in [-0.15, -0.1) is 0 Å². The van der Waals surface area contributed by atoms with E-state index in [1.54, 1.807) is 31.2 Å². The van der Waals surface area contributed by atoms with Gasteiger partial charge in [0, 0.05) is 17.9 Å². The summed E-state index contributed by atoms with van der Waals surface area (Å²) in [5.41, 5.74) is 3.16. The van der Waals surface area contributed by atoms with E-state index < -0.39 is 0 Å². The van der Waals surface area contributed by atoms with Crippen LogP contribution in [0.25, 0.3) is 5.69 Å². The number of methoxy groups -OCH3 is 2. The molecule has 0 N–H and O–H groups in total. The summed E-state index contributed by atoms with van der Waals surface area (Å²) in [7, 11) is 3.27. The van der Waals surface area contributed by atoms with Gasteiger partial charge in [0.15, 0.2) is 5.69 Å². The topological polar surface area (TPSA) is 56.6 Å². The molecule has 30 heavy (non-hydrogen) atoms. The molecule has 6 nitrogen and oxygen atoms in total. The molecule has 1 amide bonds. The number of amides is 1. The summed E-state index contributed by atoms with van der Waals surface area (Å²) in [6.07, 6.45) is 4.10. The van der Waals surface area contributed by atoms with Gasteiger partial charge in [-0.25, -0.2) is 4.68 Å². The molecular weight excluding hydrogens is 378 g/mol. The lowest BCUT2D eigenvalue weighted by Gasteiger charge is -2.29. The molecule has 1 aromatic heterocycles. The predicted molar refractivity (Wildman–Crippen MR) is 117 cm³/mol. The molecule has 0 aliphatic heterocycles. The van der Waals surface area contributed by atoms with Crippen LogP contribution in [0.3, 0.4) is 0 Å². The van der Waals surface area contributed by atoms with Crippen molar-refractivity contribution in [1.29, 1.82) is 0 Å². The zero-order chi connectivity index (χ0) is 21.3. The molecule has 1 unspecified atom stereocenters. The molecule has 1 aliphatic carbocycles. The lowest BCUT2D eigenvalue weighted by Crippen LogP contribution is -2.40. The second-order valence-corrected chi connectivity index (χ2v) is 7.77. The van der Waals surface area contributed by atoms with Crippen LogP contribution in [0.2, 0.25) is 0 Å². The fraction of sp³-hybridized carbons (Fsp3) is 0.333. The third kappa shape index (κ3) is 3.90. The fourth-order valence-electron chi connectivity index (χ4n) is 3.74. The van der Waals surface area contributed by atoms with E-state index in [-0.39, 0.29) is 11.9 Å². The highest BCUT2D eigenvalue weighted by atomic mass is 16.5. The Labute approximate surface area is 177 Å². The highest BCUT2D eigenvalue weighted by Gasteiger charge is 2.36. The largest absolute Gasteiger partial charge is 0.497 e. The lowest BCUT2D eigenvalue weighted by atomic mass is 10.1. The number of ether oxygens (including phenoxy) is 2. The standard InChI is InChI=1S/C24H27N3O3/c1-16-5-12-23(30-4)22(15-16)26-14-13-21(25-26)24(28)27(17(2)18-6-7-18)19-8-10-20(29-3)11-9-19/h5,8-15,17-18H,6-7H2,1-4H3. The number of rotatable bonds is 7. The zero-order valence-corrected chi connectivity index (χ0v) is 17.8. The van der Waals surface area contributed by atoms with Gasteiger partial charge in [0.05, 0.1) is 14.2 Å². The Morgan fingerprint density at radius 1 is 1.10 bits per heavy atom. The quantitative estimate of drug-likeness (QED) is 0.574. The van der Waals surface area contributed by atoms with Crippen molar-refractivity contribution >= 4 is 11.6 Å². The van der Waals surface area contributed by atoms with E-state index in [9.17, 15) is 4.79 Å². The number of aryl methyl sites for hydroxylation is 1. The van der Waals surface area contributed by atoms with E-state index in [1.165, 1.54) is 0 Å². The SMILES string of the molecule is COc1ccc(N(C(=O)c2ccn(-c3cc(C)ccc3OC)n2)C(C)C2CC2)cc1. The fourth-order valence-corrected chi connectivity index (χ4v) is 3.74. The average molecular weight is 405 g/mol. The van der Waals surface area contributed by atoms with Crippen molar-refractivity contribution in [3.05, 3.63) is 66.0 Å². The van der Waals surface area contributed by atoms with Gasteiger partial charge in [-0.05, 0) is 80.6 Å². The van der Waals surface area contributed by atoms with Crippen molar-refractivity contribution in [3.63, 3.8) is 0 Å². The Morgan fingerprint density at radius 3 is 2.47 bits per heavy atom. The molecule has 0 bridgehead atoms. The second kappa shape index (κ2) is 8.22. The van der Waals surface area contributed by atoms with E-state index in [1.807, 2.05) is 54.3 Å². The van der Waals surface area contributed by atoms with Crippen molar-refractivity contribution in [2.75, 3.05) is 19.1 Å². The summed E-state index contributed by atoms with van der Waals surface area (Å²) >= 11 is 0. The van der Waals surface area contributed by atoms with Gasteiger partial charge in [-0.1, -0.05) is 6.07 Å². The van der Waals surface area contributed by atoms with Gasteiger partial charge in [-0.2, -0.15) is 5.10 Å². The molecule has 6 heteroatoms. The molecule has 1 saturated carbocycles. The van der Waals surface area contributed by atoms with Gasteiger partial charge >= 0.3 is 0 Å². The molecular formula is C24H27N3O3. The van der Waals surface area contributed by atoms with Crippen molar-refractivity contribution < 1.29 is 14.3 Å². The molecule has 0 spiro atoms. The van der Waals surface area contributed by atoms with E-state index in [2.05, 4.69) is 12.0 Å². The maximum atomic E-state index is 13.5. The lowest BCUT2D eigenvalue weighted by molar-refractivity contribution is 0.0970. The minimum absolute atomic E-state index is 0.101. The summed E-state index contributed by atoms with van der Waals surface area (Å²) in [5, 5.41) is 4.59. The van der Waals surface area contributed by atoms with Crippen LogP contribution in [0.4, 0.5) is 5.69 Å². The number of hydrogen-bond donors (Lipinski definition) is 0. The van der Waals surface area contributed by atoms with E-state index in [0.717, 1.165) is 35.5 Å².